The van der Waals surface area contributed by atoms with Crippen LogP contribution in [0.15, 0.2) is 77.5 Å². The van der Waals surface area contributed by atoms with Gasteiger partial charge in [0.1, 0.15) is 11.5 Å². The molecule has 0 bridgehead atoms. The number of amides is 1. The molecule has 7 heteroatoms. The van der Waals surface area contributed by atoms with Crippen LogP contribution in [0, 0.1) is 0 Å². The highest BCUT2D eigenvalue weighted by Gasteiger charge is 2.15. The molecule has 0 unspecified atom stereocenters. The number of pyridine rings is 2. The molecule has 1 amide bonds. The molecule has 0 radical (unpaired) electrons. The van der Waals surface area contributed by atoms with Gasteiger partial charge in [0.2, 0.25) is 0 Å². The molecule has 4 aromatic heterocycles. The number of aromatic nitrogens is 4. The first-order valence-electron chi connectivity index (χ1n) is 9.30. The fourth-order valence-electron chi connectivity index (χ4n) is 3.36. The summed E-state index contributed by atoms with van der Waals surface area (Å²) in [5.41, 5.74) is 2.72. The van der Waals surface area contributed by atoms with E-state index < -0.39 is 0 Å². The number of nitrogens with zero attached hydrogens (tertiary/aromatic N) is 4. The molecule has 0 atom stereocenters. The van der Waals surface area contributed by atoms with Crippen LogP contribution in [-0.2, 0) is 6.42 Å². The number of hydrogen-bond acceptors (Lipinski definition) is 5. The van der Waals surface area contributed by atoms with Gasteiger partial charge in [0.05, 0.1) is 17.3 Å². The van der Waals surface area contributed by atoms with E-state index in [0.717, 1.165) is 22.4 Å². The number of hydrogen-bond donors (Lipinski definition) is 1. The SMILES string of the molecule is O=C(NCCc1nnc2ccccn12)c1cc(-c2ccco2)nc2ccccc12. The molecule has 5 rings (SSSR count). The number of fused-ring (bicyclic) bond motifs is 2. The fraction of sp³-hybridized carbons (Fsp3) is 0.0909. The molecule has 7 nitrogen and oxygen atoms in total. The predicted octanol–water partition coefficient (Wildman–Crippen LogP) is 3.51. The maximum atomic E-state index is 13.0. The summed E-state index contributed by atoms with van der Waals surface area (Å²) in [5, 5.41) is 12.1. The summed E-state index contributed by atoms with van der Waals surface area (Å²) in [4.78, 5) is 17.6. The minimum absolute atomic E-state index is 0.162. The molecular weight excluding hydrogens is 366 g/mol. The van der Waals surface area contributed by atoms with Crippen molar-refractivity contribution in [1.29, 1.82) is 0 Å². The average molecular weight is 383 g/mol. The number of rotatable bonds is 5. The number of carbonyl (C=O) groups is 1. The lowest BCUT2D eigenvalue weighted by Crippen LogP contribution is -2.26. The van der Waals surface area contributed by atoms with Gasteiger partial charge in [0.25, 0.3) is 5.91 Å². The second-order valence-electron chi connectivity index (χ2n) is 6.60. The first-order valence-corrected chi connectivity index (χ1v) is 9.30. The molecule has 0 fully saturated rings. The predicted molar refractivity (Wildman–Crippen MR) is 108 cm³/mol. The monoisotopic (exact) mass is 383 g/mol. The van der Waals surface area contributed by atoms with Crippen molar-refractivity contribution in [3.05, 3.63) is 84.5 Å². The van der Waals surface area contributed by atoms with Crippen LogP contribution in [0.3, 0.4) is 0 Å². The molecule has 0 aliphatic rings. The quantitative estimate of drug-likeness (QED) is 0.502. The maximum absolute atomic E-state index is 13.0. The van der Waals surface area contributed by atoms with Crippen molar-refractivity contribution in [2.75, 3.05) is 6.54 Å². The molecule has 29 heavy (non-hydrogen) atoms. The van der Waals surface area contributed by atoms with E-state index in [1.807, 2.05) is 59.1 Å². The van der Waals surface area contributed by atoms with E-state index in [0.29, 0.717) is 30.0 Å². The first-order chi connectivity index (χ1) is 14.3. The molecule has 142 valence electrons. The van der Waals surface area contributed by atoms with Crippen LogP contribution in [0.25, 0.3) is 28.0 Å². The van der Waals surface area contributed by atoms with E-state index in [1.54, 1.807) is 18.4 Å². The van der Waals surface area contributed by atoms with Crippen molar-refractivity contribution in [3.63, 3.8) is 0 Å². The summed E-state index contributed by atoms with van der Waals surface area (Å²) < 4.78 is 7.38. The first kappa shape index (κ1) is 17.1. The highest BCUT2D eigenvalue weighted by Crippen LogP contribution is 2.25. The number of para-hydroxylation sites is 1. The van der Waals surface area contributed by atoms with Gasteiger partial charge in [-0.25, -0.2) is 4.98 Å². The van der Waals surface area contributed by atoms with E-state index in [-0.39, 0.29) is 5.91 Å². The van der Waals surface area contributed by atoms with Gasteiger partial charge in [-0.3, -0.25) is 9.20 Å². The van der Waals surface area contributed by atoms with Crippen LogP contribution < -0.4 is 5.32 Å². The van der Waals surface area contributed by atoms with Crippen LogP contribution in [-0.4, -0.2) is 32.0 Å². The highest BCUT2D eigenvalue weighted by atomic mass is 16.3. The fourth-order valence-corrected chi connectivity index (χ4v) is 3.36. The van der Waals surface area contributed by atoms with Crippen molar-refractivity contribution < 1.29 is 9.21 Å². The Morgan fingerprint density at radius 3 is 2.83 bits per heavy atom. The third-order valence-corrected chi connectivity index (χ3v) is 4.75. The molecule has 0 aliphatic heterocycles. The molecular formula is C22H17N5O2. The van der Waals surface area contributed by atoms with Gasteiger partial charge >= 0.3 is 0 Å². The van der Waals surface area contributed by atoms with Crippen molar-refractivity contribution >= 4 is 22.5 Å². The number of furan rings is 1. The number of carbonyl (C=O) groups excluding carboxylic acids is 1. The normalized spacial score (nSPS) is 11.2. The van der Waals surface area contributed by atoms with Gasteiger partial charge in [-0.1, -0.05) is 24.3 Å². The van der Waals surface area contributed by atoms with E-state index in [9.17, 15) is 4.79 Å². The highest BCUT2D eigenvalue weighted by molar-refractivity contribution is 6.07. The Morgan fingerprint density at radius 1 is 1.03 bits per heavy atom. The van der Waals surface area contributed by atoms with Crippen LogP contribution in [0.4, 0.5) is 0 Å². The van der Waals surface area contributed by atoms with Crippen molar-refractivity contribution in [1.82, 2.24) is 24.9 Å². The van der Waals surface area contributed by atoms with Gasteiger partial charge < -0.3 is 9.73 Å². The molecule has 0 saturated carbocycles. The summed E-state index contributed by atoms with van der Waals surface area (Å²) in [6, 6.07) is 18.7. The van der Waals surface area contributed by atoms with Crippen LogP contribution >= 0.6 is 0 Å². The van der Waals surface area contributed by atoms with Gasteiger partial charge in [0.15, 0.2) is 11.4 Å². The number of benzene rings is 1. The van der Waals surface area contributed by atoms with Gasteiger partial charge in [0, 0.05) is 24.5 Å². The summed E-state index contributed by atoms with van der Waals surface area (Å²) in [5.74, 6) is 1.27. The van der Waals surface area contributed by atoms with Crippen molar-refractivity contribution in [3.8, 4) is 11.5 Å². The minimum Gasteiger partial charge on any atom is -0.463 e. The third-order valence-electron chi connectivity index (χ3n) is 4.75. The Balaban J connectivity index is 1.40. The zero-order valence-electron chi connectivity index (χ0n) is 15.4. The third kappa shape index (κ3) is 3.23. The van der Waals surface area contributed by atoms with Gasteiger partial charge in [-0.2, -0.15) is 0 Å². The summed E-state index contributed by atoms with van der Waals surface area (Å²) in [7, 11) is 0. The largest absolute Gasteiger partial charge is 0.463 e. The molecule has 5 aromatic rings. The van der Waals surface area contributed by atoms with Crippen LogP contribution in [0.5, 0.6) is 0 Å². The summed E-state index contributed by atoms with van der Waals surface area (Å²) in [6.45, 7) is 0.446. The van der Waals surface area contributed by atoms with Crippen molar-refractivity contribution in [2.45, 2.75) is 6.42 Å². The van der Waals surface area contributed by atoms with Crippen LogP contribution in [0.1, 0.15) is 16.2 Å². The Kier molecular flexibility index (Phi) is 4.25. The Hall–Kier alpha value is -4.00. The number of nitrogens with one attached hydrogen (secondary N) is 1. The van der Waals surface area contributed by atoms with Crippen molar-refractivity contribution in [2.24, 2.45) is 0 Å². The van der Waals surface area contributed by atoms with E-state index in [4.69, 9.17) is 4.42 Å². The standard InChI is InChI=1S/C22H17N5O2/c28-22(23-11-10-21-26-25-20-9-3-4-12-27(20)21)16-14-18(19-8-5-13-29-19)24-17-7-2-1-6-15(16)17/h1-9,12-14H,10-11H2,(H,23,28). The Bertz CT molecular complexity index is 1310. The van der Waals surface area contributed by atoms with E-state index in [1.165, 1.54) is 0 Å². The molecule has 1 aromatic carbocycles. The average Bonchev–Trinajstić information content (AvgIpc) is 3.43. The lowest BCUT2D eigenvalue weighted by atomic mass is 10.1. The van der Waals surface area contributed by atoms with E-state index in [2.05, 4.69) is 20.5 Å². The zero-order chi connectivity index (χ0) is 19.6. The molecule has 0 aliphatic carbocycles. The van der Waals surface area contributed by atoms with E-state index >= 15 is 0 Å². The molecule has 0 spiro atoms. The van der Waals surface area contributed by atoms with Crippen LogP contribution in [0.2, 0.25) is 0 Å². The zero-order valence-corrected chi connectivity index (χ0v) is 15.4. The minimum atomic E-state index is -0.162. The molecule has 1 N–H and O–H groups in total. The molecule has 0 saturated heterocycles. The van der Waals surface area contributed by atoms with Gasteiger partial charge in [-0.05, 0) is 36.4 Å². The second-order valence-corrected chi connectivity index (χ2v) is 6.60. The lowest BCUT2D eigenvalue weighted by Gasteiger charge is -2.09. The van der Waals surface area contributed by atoms with Gasteiger partial charge in [-0.15, -0.1) is 10.2 Å². The summed E-state index contributed by atoms with van der Waals surface area (Å²) >= 11 is 0. The smallest absolute Gasteiger partial charge is 0.252 e. The Labute approximate surface area is 166 Å². The lowest BCUT2D eigenvalue weighted by molar-refractivity contribution is 0.0955. The maximum Gasteiger partial charge on any atom is 0.252 e. The topological polar surface area (TPSA) is 85.3 Å². The second kappa shape index (κ2) is 7.20. The Morgan fingerprint density at radius 2 is 1.93 bits per heavy atom. The molecule has 4 heterocycles. The summed E-state index contributed by atoms with van der Waals surface area (Å²) in [6.07, 6.45) is 4.08.